The average Bonchev–Trinajstić information content (AvgIpc) is 2.26. The van der Waals surface area contributed by atoms with Crippen LogP contribution in [0.5, 0.6) is 0 Å². The number of rotatable bonds is 5. The van der Waals surface area contributed by atoms with E-state index in [0.29, 0.717) is 19.0 Å². The highest BCUT2D eigenvalue weighted by Crippen LogP contribution is 2.26. The number of carbonyl (C=O) groups is 1. The van der Waals surface area contributed by atoms with Gasteiger partial charge in [-0.3, -0.25) is 4.79 Å². The first-order valence-corrected chi connectivity index (χ1v) is 6.27. The number of hydrogen-bond acceptors (Lipinski definition) is 3. The van der Waals surface area contributed by atoms with Gasteiger partial charge in [-0.15, -0.1) is 0 Å². The monoisotopic (exact) mass is 227 g/mol. The maximum atomic E-state index is 11.7. The van der Waals surface area contributed by atoms with Crippen LogP contribution in [0.2, 0.25) is 0 Å². The van der Waals surface area contributed by atoms with Crippen molar-refractivity contribution in [3.8, 4) is 0 Å². The third-order valence-electron chi connectivity index (χ3n) is 3.28. The van der Waals surface area contributed by atoms with E-state index in [1.165, 1.54) is 32.1 Å². The SMILES string of the molecule is CN(C)CC(=O)NC(CN)C1CCCCC1. The van der Waals surface area contributed by atoms with Crippen LogP contribution in [0.3, 0.4) is 0 Å². The number of nitrogens with two attached hydrogens (primary N) is 1. The molecule has 0 radical (unpaired) electrons. The molecule has 0 aliphatic heterocycles. The third kappa shape index (κ3) is 4.49. The Morgan fingerprint density at radius 2 is 2.00 bits per heavy atom. The molecule has 1 rings (SSSR count). The minimum absolute atomic E-state index is 0.0889. The van der Waals surface area contributed by atoms with Gasteiger partial charge >= 0.3 is 0 Å². The van der Waals surface area contributed by atoms with Crippen molar-refractivity contribution in [2.75, 3.05) is 27.2 Å². The predicted octanol–water partition coefficient (Wildman–Crippen LogP) is 0.572. The molecule has 3 N–H and O–H groups in total. The summed E-state index contributed by atoms with van der Waals surface area (Å²) in [6, 6.07) is 0.174. The van der Waals surface area contributed by atoms with Crippen molar-refractivity contribution in [3.05, 3.63) is 0 Å². The normalized spacial score (nSPS) is 19.8. The molecule has 1 saturated carbocycles. The van der Waals surface area contributed by atoms with E-state index in [4.69, 9.17) is 5.73 Å². The second-order valence-corrected chi connectivity index (χ2v) is 5.05. The Morgan fingerprint density at radius 3 is 2.50 bits per heavy atom. The highest BCUT2D eigenvalue weighted by molar-refractivity contribution is 5.78. The van der Waals surface area contributed by atoms with Gasteiger partial charge in [0.25, 0.3) is 0 Å². The summed E-state index contributed by atoms with van der Waals surface area (Å²) in [5, 5.41) is 3.06. The molecule has 0 aromatic heterocycles. The third-order valence-corrected chi connectivity index (χ3v) is 3.28. The van der Waals surface area contributed by atoms with E-state index in [9.17, 15) is 4.79 Å². The first kappa shape index (κ1) is 13.5. The molecular weight excluding hydrogens is 202 g/mol. The van der Waals surface area contributed by atoms with Gasteiger partial charge < -0.3 is 16.0 Å². The second kappa shape index (κ2) is 6.86. The molecule has 0 bridgehead atoms. The fraction of sp³-hybridized carbons (Fsp3) is 0.917. The van der Waals surface area contributed by atoms with Gasteiger partial charge in [0, 0.05) is 12.6 Å². The summed E-state index contributed by atoms with van der Waals surface area (Å²) in [5.41, 5.74) is 5.75. The Labute approximate surface area is 98.6 Å². The molecule has 1 aliphatic rings. The van der Waals surface area contributed by atoms with Gasteiger partial charge in [0.05, 0.1) is 6.54 Å². The van der Waals surface area contributed by atoms with Crippen LogP contribution in [0, 0.1) is 5.92 Å². The molecule has 1 aliphatic carbocycles. The van der Waals surface area contributed by atoms with Crippen molar-refractivity contribution in [3.63, 3.8) is 0 Å². The standard InChI is InChI=1S/C12H25N3O/c1-15(2)9-12(16)14-11(8-13)10-6-4-3-5-7-10/h10-11H,3-9,13H2,1-2H3,(H,14,16). The highest BCUT2D eigenvalue weighted by atomic mass is 16.2. The van der Waals surface area contributed by atoms with Crippen LogP contribution in [0.15, 0.2) is 0 Å². The number of hydrogen-bond donors (Lipinski definition) is 2. The van der Waals surface area contributed by atoms with E-state index >= 15 is 0 Å². The number of carbonyl (C=O) groups excluding carboxylic acids is 1. The maximum absolute atomic E-state index is 11.7. The lowest BCUT2D eigenvalue weighted by molar-refractivity contribution is -0.122. The lowest BCUT2D eigenvalue weighted by Gasteiger charge is -2.30. The minimum Gasteiger partial charge on any atom is -0.351 e. The first-order chi connectivity index (χ1) is 7.63. The molecular formula is C12H25N3O. The second-order valence-electron chi connectivity index (χ2n) is 5.05. The lowest BCUT2D eigenvalue weighted by atomic mass is 9.84. The maximum Gasteiger partial charge on any atom is 0.234 e. The quantitative estimate of drug-likeness (QED) is 0.722. The number of likely N-dealkylation sites (N-methyl/N-ethyl adjacent to an activating group) is 1. The van der Waals surface area contributed by atoms with Crippen LogP contribution in [0.1, 0.15) is 32.1 Å². The Bertz CT molecular complexity index is 212. The summed E-state index contributed by atoms with van der Waals surface area (Å²) >= 11 is 0. The van der Waals surface area contributed by atoms with E-state index in [2.05, 4.69) is 5.32 Å². The van der Waals surface area contributed by atoms with Crippen molar-refractivity contribution in [1.29, 1.82) is 0 Å². The van der Waals surface area contributed by atoms with Crippen LogP contribution >= 0.6 is 0 Å². The fourth-order valence-corrected chi connectivity index (χ4v) is 2.45. The van der Waals surface area contributed by atoms with Crippen LogP contribution in [-0.2, 0) is 4.79 Å². The van der Waals surface area contributed by atoms with Gasteiger partial charge in [-0.2, -0.15) is 0 Å². The summed E-state index contributed by atoms with van der Waals surface area (Å²) in [7, 11) is 3.80. The molecule has 0 aromatic carbocycles. The predicted molar refractivity (Wildman–Crippen MR) is 66.1 cm³/mol. The molecule has 94 valence electrons. The largest absolute Gasteiger partial charge is 0.351 e. The molecule has 4 nitrogen and oxygen atoms in total. The topological polar surface area (TPSA) is 58.4 Å². The summed E-state index contributed by atoms with van der Waals surface area (Å²) in [4.78, 5) is 13.5. The zero-order valence-electron chi connectivity index (χ0n) is 10.5. The van der Waals surface area contributed by atoms with Crippen molar-refractivity contribution in [2.45, 2.75) is 38.1 Å². The fourth-order valence-electron chi connectivity index (χ4n) is 2.45. The van der Waals surface area contributed by atoms with Crippen LogP contribution in [0.25, 0.3) is 0 Å². The Morgan fingerprint density at radius 1 is 1.38 bits per heavy atom. The van der Waals surface area contributed by atoms with Gasteiger partial charge in [0.2, 0.25) is 5.91 Å². The Hall–Kier alpha value is -0.610. The number of nitrogens with one attached hydrogen (secondary N) is 1. The molecule has 0 heterocycles. The van der Waals surface area contributed by atoms with Crippen molar-refractivity contribution >= 4 is 5.91 Å². The summed E-state index contributed by atoms with van der Waals surface area (Å²) in [5.74, 6) is 0.677. The van der Waals surface area contributed by atoms with E-state index in [0.717, 1.165) is 0 Å². The van der Waals surface area contributed by atoms with Crippen LogP contribution < -0.4 is 11.1 Å². The van der Waals surface area contributed by atoms with E-state index in [1.54, 1.807) is 0 Å². The summed E-state index contributed by atoms with van der Waals surface area (Å²) in [6.07, 6.45) is 6.32. The molecule has 1 fully saturated rings. The van der Waals surface area contributed by atoms with Crippen molar-refractivity contribution in [1.82, 2.24) is 10.2 Å². The average molecular weight is 227 g/mol. The minimum atomic E-state index is 0.0889. The van der Waals surface area contributed by atoms with Crippen molar-refractivity contribution in [2.24, 2.45) is 11.7 Å². The molecule has 0 saturated heterocycles. The molecule has 0 spiro atoms. The van der Waals surface area contributed by atoms with E-state index in [-0.39, 0.29) is 11.9 Å². The van der Waals surface area contributed by atoms with Crippen molar-refractivity contribution < 1.29 is 4.79 Å². The van der Waals surface area contributed by atoms with E-state index < -0.39 is 0 Å². The van der Waals surface area contributed by atoms with Gasteiger partial charge in [-0.05, 0) is 32.9 Å². The summed E-state index contributed by atoms with van der Waals surface area (Å²) < 4.78 is 0. The van der Waals surface area contributed by atoms with Gasteiger partial charge in [0.15, 0.2) is 0 Å². The van der Waals surface area contributed by atoms with Gasteiger partial charge in [-0.1, -0.05) is 19.3 Å². The van der Waals surface area contributed by atoms with Gasteiger partial charge in [-0.25, -0.2) is 0 Å². The highest BCUT2D eigenvalue weighted by Gasteiger charge is 2.23. The number of nitrogens with zero attached hydrogens (tertiary/aromatic N) is 1. The molecule has 16 heavy (non-hydrogen) atoms. The molecule has 4 heteroatoms. The zero-order valence-corrected chi connectivity index (χ0v) is 10.5. The molecule has 1 atom stereocenters. The number of amides is 1. The zero-order chi connectivity index (χ0) is 12.0. The Balaban J connectivity index is 2.37. The molecule has 0 aromatic rings. The smallest absolute Gasteiger partial charge is 0.234 e. The summed E-state index contributed by atoms with van der Waals surface area (Å²) in [6.45, 7) is 1.01. The molecule has 1 amide bonds. The molecule has 1 unspecified atom stereocenters. The lowest BCUT2D eigenvalue weighted by Crippen LogP contribution is -2.48. The Kier molecular flexibility index (Phi) is 5.77. The van der Waals surface area contributed by atoms with E-state index in [1.807, 2.05) is 19.0 Å². The van der Waals surface area contributed by atoms with Gasteiger partial charge in [0.1, 0.15) is 0 Å². The van der Waals surface area contributed by atoms with Crippen LogP contribution in [0.4, 0.5) is 0 Å². The first-order valence-electron chi connectivity index (χ1n) is 6.27. The van der Waals surface area contributed by atoms with Crippen LogP contribution in [-0.4, -0.2) is 44.0 Å².